The first kappa shape index (κ1) is 15.3. The summed E-state index contributed by atoms with van der Waals surface area (Å²) in [4.78, 5) is 12.9. The molecule has 25 heavy (non-hydrogen) atoms. The molecule has 0 bridgehead atoms. The SMILES string of the molecule is CCC1C=Cc2c(cc3occ(-c4ccc(O)cc4)c(=O)c3c2O)O1. The van der Waals surface area contributed by atoms with Crippen molar-refractivity contribution in [2.45, 2.75) is 19.4 Å². The van der Waals surface area contributed by atoms with Crippen LogP contribution in [0.2, 0.25) is 0 Å². The summed E-state index contributed by atoms with van der Waals surface area (Å²) in [6, 6.07) is 7.87. The molecule has 126 valence electrons. The molecule has 1 aliphatic rings. The highest BCUT2D eigenvalue weighted by molar-refractivity contribution is 5.92. The lowest BCUT2D eigenvalue weighted by Gasteiger charge is -2.21. The molecule has 3 aromatic rings. The van der Waals surface area contributed by atoms with Crippen molar-refractivity contribution in [1.29, 1.82) is 0 Å². The molecule has 0 spiro atoms. The highest BCUT2D eigenvalue weighted by Crippen LogP contribution is 2.39. The van der Waals surface area contributed by atoms with E-state index in [9.17, 15) is 15.0 Å². The van der Waals surface area contributed by atoms with Gasteiger partial charge in [-0.25, -0.2) is 0 Å². The molecule has 0 aliphatic carbocycles. The fourth-order valence-electron chi connectivity index (χ4n) is 2.98. The van der Waals surface area contributed by atoms with Crippen molar-refractivity contribution in [2.75, 3.05) is 0 Å². The van der Waals surface area contributed by atoms with E-state index in [0.717, 1.165) is 6.42 Å². The topological polar surface area (TPSA) is 79.9 Å². The van der Waals surface area contributed by atoms with Crippen LogP contribution in [0.3, 0.4) is 0 Å². The van der Waals surface area contributed by atoms with Gasteiger partial charge in [0.25, 0.3) is 0 Å². The van der Waals surface area contributed by atoms with E-state index in [0.29, 0.717) is 22.4 Å². The lowest BCUT2D eigenvalue weighted by atomic mass is 10.0. The second kappa shape index (κ2) is 5.70. The van der Waals surface area contributed by atoms with Crippen molar-refractivity contribution in [1.82, 2.24) is 0 Å². The van der Waals surface area contributed by atoms with E-state index in [-0.39, 0.29) is 34.0 Å². The molecule has 1 atom stereocenters. The fraction of sp³-hybridized carbons (Fsp3) is 0.150. The van der Waals surface area contributed by atoms with Crippen molar-refractivity contribution < 1.29 is 19.4 Å². The molecule has 1 aliphatic heterocycles. The zero-order chi connectivity index (χ0) is 17.6. The maximum absolute atomic E-state index is 12.9. The average molecular weight is 336 g/mol. The number of aromatic hydroxyl groups is 2. The summed E-state index contributed by atoms with van der Waals surface area (Å²) in [6.07, 6.45) is 5.73. The van der Waals surface area contributed by atoms with E-state index in [1.807, 2.05) is 13.0 Å². The average Bonchev–Trinajstić information content (AvgIpc) is 2.62. The van der Waals surface area contributed by atoms with Gasteiger partial charge in [0, 0.05) is 6.07 Å². The fourth-order valence-corrected chi connectivity index (χ4v) is 2.98. The molecule has 5 nitrogen and oxygen atoms in total. The molecule has 2 N–H and O–H groups in total. The van der Waals surface area contributed by atoms with Gasteiger partial charge >= 0.3 is 0 Å². The van der Waals surface area contributed by atoms with Gasteiger partial charge in [-0.15, -0.1) is 0 Å². The van der Waals surface area contributed by atoms with E-state index in [1.54, 1.807) is 24.3 Å². The molecule has 5 heteroatoms. The molecular formula is C20H16O5. The number of hydrogen-bond donors (Lipinski definition) is 2. The number of ether oxygens (including phenoxy) is 1. The molecule has 1 unspecified atom stereocenters. The van der Waals surface area contributed by atoms with E-state index in [1.165, 1.54) is 18.4 Å². The van der Waals surface area contributed by atoms with Crippen molar-refractivity contribution in [3.8, 4) is 28.4 Å². The van der Waals surface area contributed by atoms with Gasteiger partial charge in [-0.1, -0.05) is 19.1 Å². The lowest BCUT2D eigenvalue weighted by Crippen LogP contribution is -2.16. The van der Waals surface area contributed by atoms with Gasteiger partial charge in [0.1, 0.15) is 40.6 Å². The first-order chi connectivity index (χ1) is 12.1. The van der Waals surface area contributed by atoms with E-state index >= 15 is 0 Å². The van der Waals surface area contributed by atoms with Gasteiger partial charge in [0.05, 0.1) is 11.1 Å². The van der Waals surface area contributed by atoms with Gasteiger partial charge in [-0.2, -0.15) is 0 Å². The second-order valence-electron chi connectivity index (χ2n) is 5.96. The van der Waals surface area contributed by atoms with Gasteiger partial charge in [0.15, 0.2) is 0 Å². The van der Waals surface area contributed by atoms with E-state index in [2.05, 4.69) is 0 Å². The van der Waals surface area contributed by atoms with Gasteiger partial charge in [0.2, 0.25) is 5.43 Å². The van der Waals surface area contributed by atoms with E-state index in [4.69, 9.17) is 9.15 Å². The molecule has 1 aromatic heterocycles. The number of benzene rings is 2. The van der Waals surface area contributed by atoms with Crippen LogP contribution >= 0.6 is 0 Å². The molecule has 4 rings (SSSR count). The summed E-state index contributed by atoms with van der Waals surface area (Å²) >= 11 is 0. The minimum Gasteiger partial charge on any atom is -0.508 e. The Balaban J connectivity index is 1.94. The van der Waals surface area contributed by atoms with Crippen molar-refractivity contribution in [3.05, 3.63) is 58.5 Å². The summed E-state index contributed by atoms with van der Waals surface area (Å²) in [6.45, 7) is 2.00. The Kier molecular flexibility index (Phi) is 3.50. The molecule has 0 saturated heterocycles. The zero-order valence-corrected chi connectivity index (χ0v) is 13.5. The molecular weight excluding hydrogens is 320 g/mol. The Morgan fingerprint density at radius 1 is 1.16 bits per heavy atom. The van der Waals surface area contributed by atoms with Crippen LogP contribution in [0.25, 0.3) is 28.2 Å². The van der Waals surface area contributed by atoms with Crippen LogP contribution < -0.4 is 10.2 Å². The Hall–Kier alpha value is -3.21. The highest BCUT2D eigenvalue weighted by Gasteiger charge is 2.22. The van der Waals surface area contributed by atoms with Gasteiger partial charge < -0.3 is 19.4 Å². The smallest absolute Gasteiger partial charge is 0.204 e. The number of fused-ring (bicyclic) bond motifs is 2. The minimum atomic E-state index is -0.335. The molecule has 0 amide bonds. The van der Waals surface area contributed by atoms with Crippen LogP contribution in [0.4, 0.5) is 0 Å². The van der Waals surface area contributed by atoms with Gasteiger partial charge in [-0.3, -0.25) is 4.79 Å². The Bertz CT molecular complexity index is 1040. The maximum atomic E-state index is 12.9. The van der Waals surface area contributed by atoms with Crippen LogP contribution in [0.15, 0.2) is 51.9 Å². The van der Waals surface area contributed by atoms with Crippen molar-refractivity contribution in [2.24, 2.45) is 0 Å². The second-order valence-corrected chi connectivity index (χ2v) is 5.96. The third kappa shape index (κ3) is 2.45. The van der Waals surface area contributed by atoms with Crippen molar-refractivity contribution in [3.63, 3.8) is 0 Å². The highest BCUT2D eigenvalue weighted by atomic mass is 16.5. The standard InChI is InChI=1S/C20H16O5/c1-2-13-7-8-14-16(25-13)9-17-18(19(14)22)20(23)15(10-24-17)11-3-5-12(21)6-4-11/h3-10,13,21-22H,2H2,1H3. The number of hydrogen-bond acceptors (Lipinski definition) is 5. The molecule has 0 saturated carbocycles. The quantitative estimate of drug-likeness (QED) is 0.738. The van der Waals surface area contributed by atoms with Crippen LogP contribution in [-0.4, -0.2) is 16.3 Å². The monoisotopic (exact) mass is 336 g/mol. The molecule has 2 aromatic carbocycles. The number of phenolic OH excluding ortho intramolecular Hbond substituents is 2. The summed E-state index contributed by atoms with van der Waals surface area (Å²) < 4.78 is 11.4. The van der Waals surface area contributed by atoms with Gasteiger partial charge in [-0.05, 0) is 36.3 Å². The number of rotatable bonds is 2. The predicted octanol–water partition coefficient (Wildman–Crippen LogP) is 4.06. The summed E-state index contributed by atoms with van der Waals surface area (Å²) in [5, 5.41) is 20.1. The molecule has 0 radical (unpaired) electrons. The molecule has 0 fully saturated rings. The van der Waals surface area contributed by atoms with Crippen LogP contribution in [0.1, 0.15) is 18.9 Å². The Labute approximate surface area is 143 Å². The Morgan fingerprint density at radius 2 is 1.92 bits per heavy atom. The lowest BCUT2D eigenvalue weighted by molar-refractivity contribution is 0.240. The minimum absolute atomic E-state index is 0.0626. The maximum Gasteiger partial charge on any atom is 0.204 e. The summed E-state index contributed by atoms with van der Waals surface area (Å²) in [5.41, 5.74) is 1.33. The first-order valence-electron chi connectivity index (χ1n) is 8.04. The van der Waals surface area contributed by atoms with Crippen LogP contribution in [0, 0.1) is 0 Å². The third-order valence-corrected chi connectivity index (χ3v) is 4.38. The predicted molar refractivity (Wildman–Crippen MR) is 95.0 cm³/mol. The zero-order valence-electron chi connectivity index (χ0n) is 13.5. The number of phenols is 2. The van der Waals surface area contributed by atoms with E-state index < -0.39 is 0 Å². The van der Waals surface area contributed by atoms with Crippen LogP contribution in [-0.2, 0) is 0 Å². The summed E-state index contributed by atoms with van der Waals surface area (Å²) in [7, 11) is 0. The normalized spacial score (nSPS) is 15.8. The first-order valence-corrected chi connectivity index (χ1v) is 8.04. The van der Waals surface area contributed by atoms with Crippen molar-refractivity contribution >= 4 is 17.0 Å². The molecule has 2 heterocycles. The third-order valence-electron chi connectivity index (χ3n) is 4.38. The largest absolute Gasteiger partial charge is 0.508 e. The van der Waals surface area contributed by atoms with Crippen LogP contribution in [0.5, 0.6) is 17.2 Å². The Morgan fingerprint density at radius 3 is 2.64 bits per heavy atom. The summed E-state index contributed by atoms with van der Waals surface area (Å²) in [5.74, 6) is 0.464.